The zero-order valence-corrected chi connectivity index (χ0v) is 11.0. The average Bonchev–Trinajstić information content (AvgIpc) is 2.95. The maximum atomic E-state index is 10.7. The number of rotatable bonds is 7. The molecule has 2 N–H and O–H groups in total. The van der Waals surface area contributed by atoms with E-state index >= 15 is 0 Å². The second kappa shape index (κ2) is 6.26. The predicted octanol–water partition coefficient (Wildman–Crippen LogP) is 0.769. The molecule has 20 heavy (non-hydrogen) atoms. The first-order valence-corrected chi connectivity index (χ1v) is 6.50. The zero-order valence-electron chi connectivity index (χ0n) is 10.2. The third-order valence-corrected chi connectivity index (χ3v) is 3.01. The Balaban J connectivity index is 2.06. The summed E-state index contributed by atoms with van der Waals surface area (Å²) < 4.78 is 5.00. The number of carboxylic acids is 2. The highest BCUT2D eigenvalue weighted by Crippen LogP contribution is 2.19. The van der Waals surface area contributed by atoms with Crippen molar-refractivity contribution in [3.8, 4) is 11.4 Å². The maximum absolute atomic E-state index is 10.7. The number of hydrogen-bond donors (Lipinski definition) is 2. The molecule has 0 spiro atoms. The lowest BCUT2D eigenvalue weighted by Gasteiger charge is -2.14. The van der Waals surface area contributed by atoms with E-state index in [1.165, 1.54) is 16.2 Å². The molecule has 2 aromatic heterocycles. The normalized spacial score (nSPS) is 10.8. The molecular formula is C11H11N3O5S. The highest BCUT2D eigenvalue weighted by Gasteiger charge is 2.18. The first-order chi connectivity index (χ1) is 9.54. The van der Waals surface area contributed by atoms with Crippen molar-refractivity contribution in [2.75, 3.05) is 13.1 Å². The van der Waals surface area contributed by atoms with Gasteiger partial charge in [0.1, 0.15) is 0 Å². The van der Waals surface area contributed by atoms with Crippen molar-refractivity contribution < 1.29 is 24.3 Å². The van der Waals surface area contributed by atoms with Crippen LogP contribution in [0.15, 0.2) is 21.3 Å². The molecule has 0 radical (unpaired) electrons. The summed E-state index contributed by atoms with van der Waals surface area (Å²) >= 11 is 1.49. The number of nitrogens with zero attached hydrogens (tertiary/aromatic N) is 3. The molecule has 0 aliphatic carbocycles. The molecule has 0 aromatic carbocycles. The fourth-order valence-electron chi connectivity index (χ4n) is 1.57. The van der Waals surface area contributed by atoms with Crippen LogP contribution in [0.5, 0.6) is 0 Å². The summed E-state index contributed by atoms with van der Waals surface area (Å²) in [4.78, 5) is 26.6. The Bertz CT molecular complexity index is 579. The third kappa shape index (κ3) is 3.87. The first-order valence-electron chi connectivity index (χ1n) is 5.55. The van der Waals surface area contributed by atoms with Crippen molar-refractivity contribution in [3.05, 3.63) is 22.7 Å². The lowest BCUT2D eigenvalue weighted by Crippen LogP contribution is -2.34. The van der Waals surface area contributed by atoms with Gasteiger partial charge in [-0.3, -0.25) is 14.5 Å². The van der Waals surface area contributed by atoms with Crippen molar-refractivity contribution in [3.63, 3.8) is 0 Å². The molecule has 2 aromatic rings. The monoisotopic (exact) mass is 297 g/mol. The molecule has 0 aliphatic rings. The number of carbonyl (C=O) groups is 2. The van der Waals surface area contributed by atoms with Crippen LogP contribution in [0.4, 0.5) is 0 Å². The second-order valence-corrected chi connectivity index (χ2v) is 4.74. The smallest absolute Gasteiger partial charge is 0.317 e. The van der Waals surface area contributed by atoms with E-state index in [1.54, 1.807) is 0 Å². The minimum atomic E-state index is -1.12. The number of aromatic nitrogens is 2. The van der Waals surface area contributed by atoms with Gasteiger partial charge in [-0.15, -0.1) is 0 Å². The van der Waals surface area contributed by atoms with E-state index in [2.05, 4.69) is 10.1 Å². The molecule has 0 saturated heterocycles. The minimum Gasteiger partial charge on any atom is -0.480 e. The average molecular weight is 297 g/mol. The summed E-state index contributed by atoms with van der Waals surface area (Å²) in [5.41, 5.74) is 0.799. The van der Waals surface area contributed by atoms with Gasteiger partial charge in [-0.2, -0.15) is 16.3 Å². The van der Waals surface area contributed by atoms with E-state index in [1.807, 2.05) is 16.8 Å². The van der Waals surface area contributed by atoms with Crippen molar-refractivity contribution in [1.82, 2.24) is 15.0 Å². The summed E-state index contributed by atoms with van der Waals surface area (Å²) in [6, 6.07) is 1.82. The summed E-state index contributed by atoms with van der Waals surface area (Å²) in [7, 11) is 0. The molecule has 0 atom stereocenters. The molecule has 0 unspecified atom stereocenters. The van der Waals surface area contributed by atoms with Gasteiger partial charge >= 0.3 is 11.9 Å². The Hall–Kier alpha value is -2.26. The van der Waals surface area contributed by atoms with E-state index < -0.39 is 25.0 Å². The number of aliphatic carboxylic acids is 2. The Labute approximate surface area is 117 Å². The molecule has 2 rings (SSSR count). The van der Waals surface area contributed by atoms with Crippen LogP contribution < -0.4 is 0 Å². The highest BCUT2D eigenvalue weighted by molar-refractivity contribution is 7.08. The molecule has 106 valence electrons. The van der Waals surface area contributed by atoms with Gasteiger partial charge in [0, 0.05) is 10.9 Å². The largest absolute Gasteiger partial charge is 0.480 e. The standard InChI is InChI=1S/C11H11N3O5S/c15-9(16)4-14(5-10(17)18)3-8-12-11(13-19-8)7-1-2-20-6-7/h1-2,6H,3-5H2,(H,15,16)(H,17,18). The van der Waals surface area contributed by atoms with Crippen LogP contribution in [0.3, 0.4) is 0 Å². The fourth-order valence-corrected chi connectivity index (χ4v) is 2.20. The van der Waals surface area contributed by atoms with E-state index in [0.717, 1.165) is 5.56 Å². The van der Waals surface area contributed by atoms with Crippen LogP contribution in [0.2, 0.25) is 0 Å². The summed E-state index contributed by atoms with van der Waals surface area (Å²) in [5.74, 6) is -1.67. The Morgan fingerprint density at radius 3 is 2.55 bits per heavy atom. The van der Waals surface area contributed by atoms with Gasteiger partial charge in [-0.1, -0.05) is 5.16 Å². The van der Waals surface area contributed by atoms with E-state index in [0.29, 0.717) is 5.82 Å². The van der Waals surface area contributed by atoms with Crippen LogP contribution in [0.1, 0.15) is 5.89 Å². The van der Waals surface area contributed by atoms with Gasteiger partial charge in [-0.05, 0) is 11.4 Å². The van der Waals surface area contributed by atoms with Gasteiger partial charge in [0.05, 0.1) is 19.6 Å². The van der Waals surface area contributed by atoms with Crippen molar-refractivity contribution in [2.24, 2.45) is 0 Å². The lowest BCUT2D eigenvalue weighted by molar-refractivity contribution is -0.142. The second-order valence-electron chi connectivity index (χ2n) is 3.96. The molecule has 0 saturated carbocycles. The first kappa shape index (κ1) is 14.2. The van der Waals surface area contributed by atoms with Crippen LogP contribution >= 0.6 is 11.3 Å². The summed E-state index contributed by atoms with van der Waals surface area (Å²) in [6.45, 7) is -0.860. The lowest BCUT2D eigenvalue weighted by atomic mass is 10.3. The molecule has 2 heterocycles. The molecular weight excluding hydrogens is 286 g/mol. The van der Waals surface area contributed by atoms with Crippen molar-refractivity contribution in [2.45, 2.75) is 6.54 Å². The molecule has 0 amide bonds. The third-order valence-electron chi connectivity index (χ3n) is 2.32. The van der Waals surface area contributed by atoms with Gasteiger partial charge < -0.3 is 14.7 Å². The number of thiophene rings is 1. The topological polar surface area (TPSA) is 117 Å². The zero-order chi connectivity index (χ0) is 14.5. The quantitative estimate of drug-likeness (QED) is 0.769. The fraction of sp³-hybridized carbons (Fsp3) is 0.273. The SMILES string of the molecule is O=C(O)CN(CC(=O)O)Cc1nc(-c2ccsc2)no1. The molecule has 0 bridgehead atoms. The van der Waals surface area contributed by atoms with E-state index in [9.17, 15) is 9.59 Å². The van der Waals surface area contributed by atoms with Crippen LogP contribution in [0, 0.1) is 0 Å². The maximum Gasteiger partial charge on any atom is 0.317 e. The van der Waals surface area contributed by atoms with Crippen LogP contribution in [-0.2, 0) is 16.1 Å². The van der Waals surface area contributed by atoms with Gasteiger partial charge in [0.25, 0.3) is 0 Å². The molecule has 9 heteroatoms. The Kier molecular flexibility index (Phi) is 4.43. The molecule has 8 nitrogen and oxygen atoms in total. The van der Waals surface area contributed by atoms with Crippen molar-refractivity contribution in [1.29, 1.82) is 0 Å². The summed E-state index contributed by atoms with van der Waals surface area (Å²) in [5, 5.41) is 24.9. The van der Waals surface area contributed by atoms with Crippen molar-refractivity contribution >= 4 is 23.3 Å². The van der Waals surface area contributed by atoms with Crippen LogP contribution in [-0.4, -0.2) is 50.3 Å². The minimum absolute atomic E-state index is 0.0320. The van der Waals surface area contributed by atoms with Gasteiger partial charge in [0.15, 0.2) is 0 Å². The number of hydrogen-bond acceptors (Lipinski definition) is 7. The van der Waals surface area contributed by atoms with E-state index in [-0.39, 0.29) is 12.4 Å². The Morgan fingerprint density at radius 2 is 2.00 bits per heavy atom. The highest BCUT2D eigenvalue weighted by atomic mass is 32.1. The number of carboxylic acid groups (broad SMARTS) is 2. The Morgan fingerprint density at radius 1 is 1.30 bits per heavy atom. The molecule has 0 fully saturated rings. The van der Waals surface area contributed by atoms with Gasteiger partial charge in [0.2, 0.25) is 11.7 Å². The predicted molar refractivity (Wildman–Crippen MR) is 68.2 cm³/mol. The van der Waals surface area contributed by atoms with E-state index in [4.69, 9.17) is 14.7 Å². The molecule has 0 aliphatic heterocycles. The summed E-state index contributed by atoms with van der Waals surface area (Å²) in [6.07, 6.45) is 0. The van der Waals surface area contributed by atoms with Crippen LogP contribution in [0.25, 0.3) is 11.4 Å². The van der Waals surface area contributed by atoms with Gasteiger partial charge in [-0.25, -0.2) is 0 Å².